The van der Waals surface area contributed by atoms with Crippen LogP contribution in [0.3, 0.4) is 0 Å². The van der Waals surface area contributed by atoms with Gasteiger partial charge in [-0.05, 0) is 18.2 Å². The highest BCUT2D eigenvalue weighted by atomic mass is 79.9. The van der Waals surface area contributed by atoms with Crippen LogP contribution in [0.5, 0.6) is 0 Å². The van der Waals surface area contributed by atoms with Crippen molar-refractivity contribution in [1.82, 2.24) is 0 Å². The molecule has 0 saturated heterocycles. The summed E-state index contributed by atoms with van der Waals surface area (Å²) >= 11 is 3.40. The maximum absolute atomic E-state index is 11.5. The molecule has 0 radical (unpaired) electrons. The van der Waals surface area contributed by atoms with E-state index in [4.69, 9.17) is 0 Å². The fourth-order valence-electron chi connectivity index (χ4n) is 1.62. The Morgan fingerprint density at radius 3 is 2.71 bits per heavy atom. The number of benzene rings is 1. The van der Waals surface area contributed by atoms with Gasteiger partial charge in [0, 0.05) is 18.6 Å². The van der Waals surface area contributed by atoms with E-state index in [2.05, 4.69) is 15.9 Å². The van der Waals surface area contributed by atoms with Gasteiger partial charge in [-0.25, -0.2) is 0 Å². The lowest BCUT2D eigenvalue weighted by Crippen LogP contribution is -2.41. The van der Waals surface area contributed by atoms with Crippen LogP contribution in [-0.4, -0.2) is 26.5 Å². The second-order valence-corrected chi connectivity index (χ2v) is 4.36. The minimum Gasteiger partial charge on any atom is -0.364 e. The van der Waals surface area contributed by atoms with Crippen molar-refractivity contribution in [3.8, 4) is 0 Å². The summed E-state index contributed by atoms with van der Waals surface area (Å²) < 4.78 is 0.992. The number of hydrogen-bond acceptors (Lipinski definition) is 2. The van der Waals surface area contributed by atoms with Crippen molar-refractivity contribution < 1.29 is 4.79 Å². The van der Waals surface area contributed by atoms with E-state index < -0.39 is 0 Å². The summed E-state index contributed by atoms with van der Waals surface area (Å²) in [6.45, 7) is 0.450. The number of nitrogens with zero attached hydrogens (tertiary/aromatic N) is 2. The van der Waals surface area contributed by atoms with Gasteiger partial charge in [0.05, 0.1) is 17.9 Å². The van der Waals surface area contributed by atoms with Gasteiger partial charge >= 0.3 is 0 Å². The van der Waals surface area contributed by atoms with Crippen molar-refractivity contribution in [1.29, 1.82) is 0 Å². The number of fused-ring (bicyclic) bond motifs is 1. The molecule has 0 saturated carbocycles. The van der Waals surface area contributed by atoms with Crippen LogP contribution in [-0.2, 0) is 4.79 Å². The molecule has 14 heavy (non-hydrogen) atoms. The van der Waals surface area contributed by atoms with Crippen LogP contribution in [0.2, 0.25) is 0 Å². The third-order valence-corrected chi connectivity index (χ3v) is 2.95. The van der Waals surface area contributed by atoms with E-state index in [-0.39, 0.29) is 5.91 Å². The van der Waals surface area contributed by atoms with Crippen LogP contribution in [0.1, 0.15) is 0 Å². The highest BCUT2D eigenvalue weighted by molar-refractivity contribution is 9.10. The van der Waals surface area contributed by atoms with Gasteiger partial charge in [0.25, 0.3) is 0 Å². The molecule has 2 rings (SSSR count). The summed E-state index contributed by atoms with van der Waals surface area (Å²) in [5.74, 6) is 0.123. The number of likely N-dealkylation sites (N-methyl/N-ethyl adjacent to an activating group) is 2. The second-order valence-electron chi connectivity index (χ2n) is 3.44. The lowest BCUT2D eigenvalue weighted by molar-refractivity contribution is -0.117. The highest BCUT2D eigenvalue weighted by Gasteiger charge is 2.24. The third-order valence-electron chi connectivity index (χ3n) is 2.46. The predicted octanol–water partition coefficient (Wildman–Crippen LogP) is 1.86. The van der Waals surface area contributed by atoms with Crippen molar-refractivity contribution in [2.75, 3.05) is 30.4 Å². The first-order valence-corrected chi connectivity index (χ1v) is 5.16. The zero-order valence-electron chi connectivity index (χ0n) is 8.12. The minimum absolute atomic E-state index is 0.123. The first-order valence-electron chi connectivity index (χ1n) is 4.37. The predicted molar refractivity (Wildman–Crippen MR) is 60.8 cm³/mol. The fourth-order valence-corrected chi connectivity index (χ4v) is 1.97. The number of amides is 1. The first kappa shape index (κ1) is 9.52. The van der Waals surface area contributed by atoms with Crippen LogP contribution in [0.15, 0.2) is 22.7 Å². The molecule has 1 aromatic carbocycles. The minimum atomic E-state index is 0.123. The molecule has 0 N–H and O–H groups in total. The van der Waals surface area contributed by atoms with Crippen LogP contribution in [0.25, 0.3) is 0 Å². The number of carbonyl (C=O) groups excluding carboxylic acids is 1. The Bertz CT molecular complexity index is 392. The monoisotopic (exact) mass is 254 g/mol. The number of carbonyl (C=O) groups is 1. The second kappa shape index (κ2) is 3.28. The topological polar surface area (TPSA) is 23.6 Å². The molecular formula is C10H11BrN2O. The van der Waals surface area contributed by atoms with E-state index in [1.165, 1.54) is 0 Å². The molecule has 1 aromatic rings. The molecule has 0 aliphatic carbocycles. The van der Waals surface area contributed by atoms with E-state index in [0.717, 1.165) is 15.8 Å². The van der Waals surface area contributed by atoms with Crippen molar-refractivity contribution in [2.24, 2.45) is 0 Å². The Kier molecular flexibility index (Phi) is 2.23. The summed E-state index contributed by atoms with van der Waals surface area (Å²) in [4.78, 5) is 15.2. The molecule has 4 heteroatoms. The molecule has 0 aromatic heterocycles. The average molecular weight is 255 g/mol. The normalized spacial score (nSPS) is 15.8. The van der Waals surface area contributed by atoms with E-state index in [9.17, 15) is 4.79 Å². The standard InChI is InChI=1S/C10H11BrN2O/c1-12-6-10(14)13(2)9-5-7(11)3-4-8(9)12/h3-5H,6H2,1-2H3. The zero-order chi connectivity index (χ0) is 10.3. The lowest BCUT2D eigenvalue weighted by atomic mass is 10.2. The molecule has 0 bridgehead atoms. The number of halogens is 1. The van der Waals surface area contributed by atoms with E-state index in [0.29, 0.717) is 6.54 Å². The number of rotatable bonds is 0. The molecular weight excluding hydrogens is 244 g/mol. The molecule has 1 aliphatic rings. The summed E-state index contributed by atoms with van der Waals surface area (Å²) in [5, 5.41) is 0. The molecule has 0 atom stereocenters. The molecule has 1 amide bonds. The van der Waals surface area contributed by atoms with E-state index >= 15 is 0 Å². The lowest BCUT2D eigenvalue weighted by Gasteiger charge is -2.33. The summed E-state index contributed by atoms with van der Waals surface area (Å²) in [6, 6.07) is 5.96. The van der Waals surface area contributed by atoms with Crippen molar-refractivity contribution in [3.05, 3.63) is 22.7 Å². The van der Waals surface area contributed by atoms with Gasteiger partial charge in [0.1, 0.15) is 0 Å². The van der Waals surface area contributed by atoms with Crippen LogP contribution in [0, 0.1) is 0 Å². The molecule has 0 spiro atoms. The summed E-state index contributed by atoms with van der Waals surface area (Å²) in [5.41, 5.74) is 2.05. The van der Waals surface area contributed by atoms with Gasteiger partial charge in [-0.1, -0.05) is 15.9 Å². The SMILES string of the molecule is CN1CC(=O)N(C)c2cc(Br)ccc21. The largest absolute Gasteiger partial charge is 0.364 e. The van der Waals surface area contributed by atoms with Crippen molar-refractivity contribution in [3.63, 3.8) is 0 Å². The molecule has 74 valence electrons. The van der Waals surface area contributed by atoms with E-state index in [1.54, 1.807) is 11.9 Å². The number of hydrogen-bond donors (Lipinski definition) is 0. The molecule has 0 unspecified atom stereocenters. The van der Waals surface area contributed by atoms with Gasteiger partial charge in [-0.3, -0.25) is 4.79 Å². The quantitative estimate of drug-likeness (QED) is 0.706. The third kappa shape index (κ3) is 1.39. The molecule has 0 fully saturated rings. The summed E-state index contributed by atoms with van der Waals surface area (Å²) in [6.07, 6.45) is 0. The van der Waals surface area contributed by atoms with Crippen molar-refractivity contribution in [2.45, 2.75) is 0 Å². The Balaban J connectivity index is 2.56. The van der Waals surface area contributed by atoms with Crippen molar-refractivity contribution >= 4 is 33.2 Å². The number of anilines is 2. The smallest absolute Gasteiger partial charge is 0.246 e. The Morgan fingerprint density at radius 2 is 2.00 bits per heavy atom. The van der Waals surface area contributed by atoms with Gasteiger partial charge in [-0.15, -0.1) is 0 Å². The Hall–Kier alpha value is -1.03. The van der Waals surface area contributed by atoms with Gasteiger partial charge in [0.2, 0.25) is 5.91 Å². The zero-order valence-corrected chi connectivity index (χ0v) is 9.71. The molecule has 1 heterocycles. The maximum atomic E-state index is 11.5. The fraction of sp³-hybridized carbons (Fsp3) is 0.300. The Labute approximate surface area is 91.4 Å². The van der Waals surface area contributed by atoms with Crippen LogP contribution >= 0.6 is 15.9 Å². The summed E-state index contributed by atoms with van der Waals surface area (Å²) in [7, 11) is 3.73. The van der Waals surface area contributed by atoms with Gasteiger partial charge < -0.3 is 9.80 Å². The molecule has 1 aliphatic heterocycles. The highest BCUT2D eigenvalue weighted by Crippen LogP contribution is 2.33. The Morgan fingerprint density at radius 1 is 1.29 bits per heavy atom. The first-order chi connectivity index (χ1) is 6.59. The van der Waals surface area contributed by atoms with Gasteiger partial charge in [-0.2, -0.15) is 0 Å². The molecule has 3 nitrogen and oxygen atoms in total. The van der Waals surface area contributed by atoms with Crippen LogP contribution < -0.4 is 9.80 Å². The average Bonchev–Trinajstić information content (AvgIpc) is 2.14. The maximum Gasteiger partial charge on any atom is 0.246 e. The van der Waals surface area contributed by atoms with Crippen LogP contribution in [0.4, 0.5) is 11.4 Å². The van der Waals surface area contributed by atoms with Gasteiger partial charge in [0.15, 0.2) is 0 Å². The van der Waals surface area contributed by atoms with E-state index in [1.807, 2.05) is 30.1 Å².